The Hall–Kier alpha value is -0.890. The van der Waals surface area contributed by atoms with Crippen molar-refractivity contribution in [3.05, 3.63) is 35.1 Å². The second-order valence-electron chi connectivity index (χ2n) is 5.55. The predicted molar refractivity (Wildman–Crippen MR) is 64.8 cm³/mol. The Balaban J connectivity index is 2.21. The largest absolute Gasteiger partial charge is 0.330 e. The number of nitrogens with two attached hydrogens (primary N) is 1. The van der Waals surface area contributed by atoms with Crippen molar-refractivity contribution in [2.75, 3.05) is 6.54 Å². The molecule has 88 valence electrons. The Morgan fingerprint density at radius 3 is 2.81 bits per heavy atom. The summed E-state index contributed by atoms with van der Waals surface area (Å²) in [6.07, 6.45) is 3.15. The molecular weight excluding hydrogens is 201 g/mol. The van der Waals surface area contributed by atoms with Crippen LogP contribution in [0, 0.1) is 17.2 Å². The van der Waals surface area contributed by atoms with Crippen molar-refractivity contribution >= 4 is 0 Å². The molecular formula is C14H20FN. The number of halogens is 1. The third-order valence-corrected chi connectivity index (χ3v) is 4.03. The van der Waals surface area contributed by atoms with Crippen LogP contribution in [0.25, 0.3) is 0 Å². The van der Waals surface area contributed by atoms with Crippen LogP contribution in [0.5, 0.6) is 0 Å². The summed E-state index contributed by atoms with van der Waals surface area (Å²) in [5.74, 6) is 0.505. The highest BCUT2D eigenvalue weighted by molar-refractivity contribution is 5.30. The summed E-state index contributed by atoms with van der Waals surface area (Å²) >= 11 is 0. The second kappa shape index (κ2) is 4.17. The van der Waals surface area contributed by atoms with Gasteiger partial charge in [-0.3, -0.25) is 0 Å². The molecule has 1 aromatic carbocycles. The number of hydrogen-bond acceptors (Lipinski definition) is 1. The topological polar surface area (TPSA) is 26.0 Å². The average molecular weight is 221 g/mol. The molecule has 0 aromatic heterocycles. The van der Waals surface area contributed by atoms with Crippen LogP contribution in [0.3, 0.4) is 0 Å². The number of hydrogen-bond donors (Lipinski definition) is 1. The summed E-state index contributed by atoms with van der Waals surface area (Å²) < 4.78 is 13.1. The van der Waals surface area contributed by atoms with Crippen molar-refractivity contribution in [3.8, 4) is 0 Å². The molecule has 0 radical (unpaired) electrons. The van der Waals surface area contributed by atoms with Gasteiger partial charge in [0.1, 0.15) is 5.82 Å². The van der Waals surface area contributed by atoms with E-state index in [4.69, 9.17) is 5.73 Å². The summed E-state index contributed by atoms with van der Waals surface area (Å²) in [5, 5.41) is 0. The molecule has 1 atom stereocenters. The van der Waals surface area contributed by atoms with E-state index in [1.54, 1.807) is 12.1 Å². The zero-order chi connectivity index (χ0) is 11.8. The van der Waals surface area contributed by atoms with Crippen LogP contribution in [-0.4, -0.2) is 6.54 Å². The molecule has 0 amide bonds. The fourth-order valence-electron chi connectivity index (χ4n) is 2.56. The van der Waals surface area contributed by atoms with E-state index in [0.717, 1.165) is 19.3 Å². The molecule has 2 heteroatoms. The van der Waals surface area contributed by atoms with E-state index in [-0.39, 0.29) is 11.2 Å². The molecule has 0 heterocycles. The van der Waals surface area contributed by atoms with Gasteiger partial charge in [0.2, 0.25) is 0 Å². The highest BCUT2D eigenvalue weighted by atomic mass is 19.1. The van der Waals surface area contributed by atoms with Crippen LogP contribution in [0.15, 0.2) is 18.2 Å². The minimum atomic E-state index is -0.115. The van der Waals surface area contributed by atoms with Gasteiger partial charge in [0.25, 0.3) is 0 Å². The average Bonchev–Trinajstić information content (AvgIpc) is 2.28. The van der Waals surface area contributed by atoms with Crippen LogP contribution in [0.1, 0.15) is 31.4 Å². The molecule has 0 saturated carbocycles. The van der Waals surface area contributed by atoms with Crippen LogP contribution in [0.4, 0.5) is 4.39 Å². The Morgan fingerprint density at radius 1 is 1.38 bits per heavy atom. The highest BCUT2D eigenvalue weighted by Gasteiger charge is 2.31. The maximum atomic E-state index is 13.1. The standard InChI is InChI=1S/C14H20FN/c1-14(2,9-16)12-5-3-11-8-13(15)6-4-10(11)7-12/h4,6,8,12H,3,5,7,9,16H2,1-2H3. The van der Waals surface area contributed by atoms with Crippen molar-refractivity contribution in [1.29, 1.82) is 0 Å². The lowest BCUT2D eigenvalue weighted by atomic mass is 9.69. The Bertz CT molecular complexity index is 384. The molecule has 1 nitrogen and oxygen atoms in total. The fourth-order valence-corrected chi connectivity index (χ4v) is 2.56. The summed E-state index contributed by atoms with van der Waals surface area (Å²) in [5.41, 5.74) is 8.50. The first-order valence-electron chi connectivity index (χ1n) is 6.00. The van der Waals surface area contributed by atoms with E-state index >= 15 is 0 Å². The Kier molecular flexibility index (Phi) is 3.02. The lowest BCUT2D eigenvalue weighted by molar-refractivity contribution is 0.199. The van der Waals surface area contributed by atoms with Crippen molar-refractivity contribution < 1.29 is 4.39 Å². The van der Waals surface area contributed by atoms with Gasteiger partial charge < -0.3 is 5.73 Å². The van der Waals surface area contributed by atoms with Gasteiger partial charge in [-0.1, -0.05) is 19.9 Å². The van der Waals surface area contributed by atoms with E-state index in [2.05, 4.69) is 13.8 Å². The monoisotopic (exact) mass is 221 g/mol. The normalized spacial score (nSPS) is 20.6. The fraction of sp³-hybridized carbons (Fsp3) is 0.571. The number of aryl methyl sites for hydroxylation is 1. The first-order valence-corrected chi connectivity index (χ1v) is 6.00. The molecule has 0 saturated heterocycles. The number of benzene rings is 1. The lowest BCUT2D eigenvalue weighted by Gasteiger charge is -2.37. The van der Waals surface area contributed by atoms with E-state index in [0.29, 0.717) is 12.5 Å². The summed E-state index contributed by atoms with van der Waals surface area (Å²) in [6, 6.07) is 5.18. The molecule has 1 aromatic rings. The van der Waals surface area contributed by atoms with Gasteiger partial charge >= 0.3 is 0 Å². The highest BCUT2D eigenvalue weighted by Crippen LogP contribution is 2.37. The van der Waals surface area contributed by atoms with Gasteiger partial charge in [-0.25, -0.2) is 4.39 Å². The summed E-state index contributed by atoms with van der Waals surface area (Å²) in [4.78, 5) is 0. The quantitative estimate of drug-likeness (QED) is 0.816. The molecule has 0 spiro atoms. The Labute approximate surface area is 96.9 Å². The second-order valence-corrected chi connectivity index (χ2v) is 5.55. The van der Waals surface area contributed by atoms with Crippen LogP contribution < -0.4 is 5.73 Å². The molecule has 0 fully saturated rings. The van der Waals surface area contributed by atoms with Crippen LogP contribution >= 0.6 is 0 Å². The zero-order valence-electron chi connectivity index (χ0n) is 10.1. The first kappa shape index (κ1) is 11.6. The van der Waals surface area contributed by atoms with Gasteiger partial charge in [0.05, 0.1) is 0 Å². The zero-order valence-corrected chi connectivity index (χ0v) is 10.1. The molecule has 2 N–H and O–H groups in total. The van der Waals surface area contributed by atoms with Crippen LogP contribution in [-0.2, 0) is 12.8 Å². The Morgan fingerprint density at radius 2 is 2.12 bits per heavy atom. The first-order chi connectivity index (χ1) is 7.53. The molecule has 16 heavy (non-hydrogen) atoms. The molecule has 1 aliphatic rings. The van der Waals surface area contributed by atoms with Gasteiger partial charge in [0.15, 0.2) is 0 Å². The molecule has 2 rings (SSSR count). The van der Waals surface area contributed by atoms with Gasteiger partial charge in [-0.05, 0) is 60.4 Å². The van der Waals surface area contributed by atoms with E-state index in [1.807, 2.05) is 6.07 Å². The number of rotatable bonds is 2. The number of fused-ring (bicyclic) bond motifs is 1. The van der Waals surface area contributed by atoms with E-state index < -0.39 is 0 Å². The van der Waals surface area contributed by atoms with Crippen LogP contribution in [0.2, 0.25) is 0 Å². The molecule has 0 bridgehead atoms. The van der Waals surface area contributed by atoms with E-state index in [9.17, 15) is 4.39 Å². The van der Waals surface area contributed by atoms with Gasteiger partial charge in [-0.15, -0.1) is 0 Å². The molecule has 0 aliphatic heterocycles. The minimum absolute atomic E-state index is 0.115. The van der Waals surface area contributed by atoms with Crippen molar-refractivity contribution in [1.82, 2.24) is 0 Å². The van der Waals surface area contributed by atoms with Crippen molar-refractivity contribution in [2.24, 2.45) is 17.1 Å². The summed E-state index contributed by atoms with van der Waals surface area (Å²) in [7, 11) is 0. The SMILES string of the molecule is CC(C)(CN)C1CCc2cc(F)ccc2C1. The smallest absolute Gasteiger partial charge is 0.123 e. The predicted octanol–water partition coefficient (Wildman–Crippen LogP) is 2.92. The molecule has 1 aliphatic carbocycles. The third-order valence-electron chi connectivity index (χ3n) is 4.03. The van der Waals surface area contributed by atoms with Gasteiger partial charge in [0, 0.05) is 0 Å². The molecule has 1 unspecified atom stereocenters. The maximum Gasteiger partial charge on any atom is 0.123 e. The van der Waals surface area contributed by atoms with Crippen molar-refractivity contribution in [3.63, 3.8) is 0 Å². The lowest BCUT2D eigenvalue weighted by Crippen LogP contribution is -2.35. The van der Waals surface area contributed by atoms with E-state index in [1.165, 1.54) is 11.1 Å². The minimum Gasteiger partial charge on any atom is -0.330 e. The maximum absolute atomic E-state index is 13.1. The van der Waals surface area contributed by atoms with Crippen molar-refractivity contribution in [2.45, 2.75) is 33.1 Å². The van der Waals surface area contributed by atoms with Gasteiger partial charge in [-0.2, -0.15) is 0 Å². The summed E-state index contributed by atoms with van der Waals surface area (Å²) in [6.45, 7) is 5.17. The third kappa shape index (κ3) is 2.12.